The van der Waals surface area contributed by atoms with Crippen LogP contribution in [0.2, 0.25) is 0 Å². The Morgan fingerprint density at radius 1 is 1.12 bits per heavy atom. The van der Waals surface area contributed by atoms with Gasteiger partial charge in [0.25, 0.3) is 0 Å². The van der Waals surface area contributed by atoms with Crippen LogP contribution in [-0.2, 0) is 16.6 Å². The van der Waals surface area contributed by atoms with Gasteiger partial charge >= 0.3 is 0 Å². The van der Waals surface area contributed by atoms with Crippen LogP contribution in [0.15, 0.2) is 30.3 Å². The normalized spacial score (nSPS) is 24.6. The van der Waals surface area contributed by atoms with Crippen LogP contribution in [0.5, 0.6) is 0 Å². The largest absolute Gasteiger partial charge is 0.294 e. The van der Waals surface area contributed by atoms with E-state index in [2.05, 4.69) is 20.4 Å². The van der Waals surface area contributed by atoms with Gasteiger partial charge in [0.05, 0.1) is 18.0 Å². The zero-order chi connectivity index (χ0) is 17.3. The standard InChI is InChI=1S/C16H22N6O2S/c23-25(24)11-5-10-21(25)15-8-4-9-20(12-15)13-16-17-18-19-22(16)14-6-2-1-3-7-14/h1-3,6-7,15H,4-5,8-13H2. The molecule has 25 heavy (non-hydrogen) atoms. The van der Waals surface area contributed by atoms with Crippen molar-refractivity contribution in [2.24, 2.45) is 0 Å². The molecule has 1 unspecified atom stereocenters. The molecule has 2 aromatic rings. The molecule has 2 aliphatic rings. The van der Waals surface area contributed by atoms with E-state index in [0.717, 1.165) is 43.9 Å². The van der Waals surface area contributed by atoms with Crippen molar-refractivity contribution in [3.8, 4) is 5.69 Å². The smallest absolute Gasteiger partial charge is 0.214 e. The molecule has 4 rings (SSSR count). The van der Waals surface area contributed by atoms with Crippen LogP contribution in [0.25, 0.3) is 5.69 Å². The van der Waals surface area contributed by atoms with Gasteiger partial charge in [0, 0.05) is 19.1 Å². The van der Waals surface area contributed by atoms with E-state index in [4.69, 9.17) is 0 Å². The van der Waals surface area contributed by atoms with Crippen molar-refractivity contribution in [1.82, 2.24) is 29.4 Å². The number of rotatable bonds is 4. The maximum atomic E-state index is 12.2. The first-order chi connectivity index (χ1) is 12.1. The summed E-state index contributed by atoms with van der Waals surface area (Å²) in [5, 5.41) is 12.1. The predicted molar refractivity (Wildman–Crippen MR) is 92.6 cm³/mol. The summed E-state index contributed by atoms with van der Waals surface area (Å²) in [5.41, 5.74) is 0.929. The van der Waals surface area contributed by atoms with Crippen LogP contribution >= 0.6 is 0 Å². The van der Waals surface area contributed by atoms with Gasteiger partial charge in [-0.3, -0.25) is 4.90 Å². The van der Waals surface area contributed by atoms with Crippen LogP contribution < -0.4 is 0 Å². The lowest BCUT2D eigenvalue weighted by molar-refractivity contribution is 0.143. The molecule has 0 aliphatic carbocycles. The Bertz CT molecular complexity index is 822. The minimum Gasteiger partial charge on any atom is -0.294 e. The van der Waals surface area contributed by atoms with Gasteiger partial charge < -0.3 is 0 Å². The second kappa shape index (κ2) is 6.81. The van der Waals surface area contributed by atoms with Gasteiger partial charge in [-0.15, -0.1) is 5.10 Å². The lowest BCUT2D eigenvalue weighted by Crippen LogP contribution is -2.48. The van der Waals surface area contributed by atoms with Gasteiger partial charge in [-0.25, -0.2) is 8.42 Å². The summed E-state index contributed by atoms with van der Waals surface area (Å²) in [5.74, 6) is 1.06. The molecule has 2 aliphatic heterocycles. The van der Waals surface area contributed by atoms with Gasteiger partial charge in [-0.1, -0.05) is 18.2 Å². The van der Waals surface area contributed by atoms with Crippen molar-refractivity contribution < 1.29 is 8.42 Å². The highest BCUT2D eigenvalue weighted by Gasteiger charge is 2.36. The number of piperidine rings is 1. The average molecular weight is 362 g/mol. The Labute approximate surface area is 147 Å². The second-order valence-corrected chi connectivity index (χ2v) is 8.70. The molecule has 1 aromatic heterocycles. The summed E-state index contributed by atoms with van der Waals surface area (Å²) in [6.45, 7) is 2.95. The number of para-hydroxylation sites is 1. The summed E-state index contributed by atoms with van der Waals surface area (Å²) in [6, 6.07) is 9.87. The van der Waals surface area contributed by atoms with Crippen LogP contribution in [0.1, 0.15) is 25.1 Å². The molecule has 1 aromatic carbocycles. The van der Waals surface area contributed by atoms with E-state index in [1.165, 1.54) is 0 Å². The Hall–Kier alpha value is -1.84. The maximum Gasteiger partial charge on any atom is 0.214 e. The minimum absolute atomic E-state index is 0.0716. The van der Waals surface area contributed by atoms with Crippen molar-refractivity contribution in [3.05, 3.63) is 36.2 Å². The fourth-order valence-electron chi connectivity index (χ4n) is 3.75. The van der Waals surface area contributed by atoms with Gasteiger partial charge in [-0.05, 0) is 48.4 Å². The second-order valence-electron chi connectivity index (χ2n) is 6.65. The first-order valence-corrected chi connectivity index (χ1v) is 10.3. The summed E-state index contributed by atoms with van der Waals surface area (Å²) in [6.07, 6.45) is 2.66. The molecule has 0 amide bonds. The molecule has 9 heteroatoms. The van der Waals surface area contributed by atoms with Crippen molar-refractivity contribution in [3.63, 3.8) is 0 Å². The van der Waals surface area contributed by atoms with E-state index in [-0.39, 0.29) is 11.8 Å². The highest BCUT2D eigenvalue weighted by molar-refractivity contribution is 7.89. The minimum atomic E-state index is -3.06. The Morgan fingerprint density at radius 3 is 2.72 bits per heavy atom. The lowest BCUT2D eigenvalue weighted by Gasteiger charge is -2.36. The van der Waals surface area contributed by atoms with Gasteiger partial charge in [-0.2, -0.15) is 8.99 Å². The van der Waals surface area contributed by atoms with E-state index in [1.807, 2.05) is 30.3 Å². The fraction of sp³-hybridized carbons (Fsp3) is 0.562. The highest BCUT2D eigenvalue weighted by atomic mass is 32.2. The van der Waals surface area contributed by atoms with Crippen LogP contribution in [0.4, 0.5) is 0 Å². The Balaban J connectivity index is 1.48. The molecule has 3 heterocycles. The summed E-state index contributed by atoms with van der Waals surface area (Å²) >= 11 is 0. The summed E-state index contributed by atoms with van der Waals surface area (Å²) in [4.78, 5) is 2.26. The van der Waals surface area contributed by atoms with Crippen molar-refractivity contribution in [1.29, 1.82) is 0 Å². The number of tetrazole rings is 1. The molecule has 1 atom stereocenters. The number of aromatic nitrogens is 4. The maximum absolute atomic E-state index is 12.2. The SMILES string of the molecule is O=S1(=O)CCCN1C1CCCN(Cc2nnnn2-c2ccccc2)C1. The Morgan fingerprint density at radius 2 is 1.96 bits per heavy atom. The van der Waals surface area contributed by atoms with E-state index in [1.54, 1.807) is 8.99 Å². The van der Waals surface area contributed by atoms with Gasteiger partial charge in [0.2, 0.25) is 10.0 Å². The predicted octanol–water partition coefficient (Wildman–Crippen LogP) is 0.662. The first kappa shape index (κ1) is 16.6. The average Bonchev–Trinajstić information content (AvgIpc) is 3.21. The number of nitrogens with zero attached hydrogens (tertiary/aromatic N) is 6. The van der Waals surface area contributed by atoms with Crippen LogP contribution in [0.3, 0.4) is 0 Å². The lowest BCUT2D eigenvalue weighted by atomic mass is 10.1. The third-order valence-electron chi connectivity index (χ3n) is 4.93. The molecule has 8 nitrogen and oxygen atoms in total. The molecule has 2 saturated heterocycles. The molecule has 0 bridgehead atoms. The van der Waals surface area contributed by atoms with Crippen LogP contribution in [0, 0.1) is 0 Å². The molecule has 134 valence electrons. The zero-order valence-electron chi connectivity index (χ0n) is 14.0. The molecule has 2 fully saturated rings. The van der Waals surface area contributed by atoms with Crippen molar-refractivity contribution in [2.45, 2.75) is 31.8 Å². The zero-order valence-corrected chi connectivity index (χ0v) is 14.8. The number of hydrogen-bond donors (Lipinski definition) is 0. The summed E-state index contributed by atoms with van der Waals surface area (Å²) < 4.78 is 27.8. The van der Waals surface area contributed by atoms with Crippen molar-refractivity contribution >= 4 is 10.0 Å². The van der Waals surface area contributed by atoms with Crippen LogP contribution in [-0.4, -0.2) is 69.3 Å². The Kier molecular flexibility index (Phi) is 4.53. The van der Waals surface area contributed by atoms with E-state index < -0.39 is 10.0 Å². The summed E-state index contributed by atoms with van der Waals surface area (Å²) in [7, 11) is -3.06. The molecule has 0 spiro atoms. The highest BCUT2D eigenvalue weighted by Crippen LogP contribution is 2.24. The topological polar surface area (TPSA) is 84.2 Å². The van der Waals surface area contributed by atoms with Gasteiger partial charge in [0.15, 0.2) is 5.82 Å². The molecule has 0 N–H and O–H groups in total. The quantitative estimate of drug-likeness (QED) is 0.795. The van der Waals surface area contributed by atoms with E-state index in [9.17, 15) is 8.42 Å². The molecular formula is C16H22N6O2S. The fourth-order valence-corrected chi connectivity index (χ4v) is 5.51. The van der Waals surface area contributed by atoms with E-state index in [0.29, 0.717) is 13.1 Å². The number of likely N-dealkylation sites (tertiary alicyclic amines) is 1. The van der Waals surface area contributed by atoms with Crippen molar-refractivity contribution in [2.75, 3.05) is 25.4 Å². The number of hydrogen-bond acceptors (Lipinski definition) is 6. The number of benzene rings is 1. The number of sulfonamides is 1. The third kappa shape index (κ3) is 3.44. The van der Waals surface area contributed by atoms with Gasteiger partial charge in [0.1, 0.15) is 0 Å². The molecular weight excluding hydrogens is 340 g/mol. The molecule has 0 saturated carbocycles. The third-order valence-corrected chi connectivity index (χ3v) is 6.93. The van der Waals surface area contributed by atoms with E-state index >= 15 is 0 Å². The first-order valence-electron chi connectivity index (χ1n) is 8.68. The molecule has 0 radical (unpaired) electrons. The monoisotopic (exact) mass is 362 g/mol.